The maximum Gasteiger partial charge on any atom is 0.0925 e. The van der Waals surface area contributed by atoms with Crippen LogP contribution in [0.5, 0.6) is 0 Å². The Morgan fingerprint density at radius 2 is 2.29 bits per heavy atom. The van der Waals surface area contributed by atoms with Crippen molar-refractivity contribution >= 4 is 11.3 Å². The molecule has 1 rings (SSSR count). The second-order valence-electron chi connectivity index (χ2n) is 3.51. The third-order valence-electron chi connectivity index (χ3n) is 2.32. The molecule has 0 aromatic carbocycles. The quantitative estimate of drug-likeness (QED) is 0.752. The summed E-state index contributed by atoms with van der Waals surface area (Å²) in [5.41, 5.74) is 0. The minimum absolute atomic E-state index is 0.675. The molecule has 0 saturated carbocycles. The van der Waals surface area contributed by atoms with E-state index in [9.17, 15) is 0 Å². The third-order valence-corrected chi connectivity index (χ3v) is 3.16. The highest BCUT2D eigenvalue weighted by molar-refractivity contribution is 7.09. The number of nitrogens with one attached hydrogen (secondary N) is 1. The number of thiazole rings is 1. The second-order valence-corrected chi connectivity index (χ2v) is 4.49. The van der Waals surface area contributed by atoms with Gasteiger partial charge in [0, 0.05) is 24.0 Å². The smallest absolute Gasteiger partial charge is 0.0925 e. The SMILES string of the molecule is CCCC(CCc1nccs1)NCC. The van der Waals surface area contributed by atoms with Gasteiger partial charge in [0.15, 0.2) is 0 Å². The fourth-order valence-electron chi connectivity index (χ4n) is 1.66. The molecule has 14 heavy (non-hydrogen) atoms. The lowest BCUT2D eigenvalue weighted by molar-refractivity contribution is 0.459. The van der Waals surface area contributed by atoms with Crippen LogP contribution in [-0.2, 0) is 6.42 Å². The summed E-state index contributed by atoms with van der Waals surface area (Å²) in [6.07, 6.45) is 6.77. The van der Waals surface area contributed by atoms with E-state index in [-0.39, 0.29) is 0 Å². The zero-order chi connectivity index (χ0) is 10.2. The maximum absolute atomic E-state index is 4.30. The molecule has 0 spiro atoms. The summed E-state index contributed by atoms with van der Waals surface area (Å²) in [5, 5.41) is 6.84. The first kappa shape index (κ1) is 11.7. The molecule has 0 bridgehead atoms. The average Bonchev–Trinajstić information content (AvgIpc) is 2.67. The molecule has 0 aliphatic carbocycles. The lowest BCUT2D eigenvalue weighted by atomic mass is 10.1. The van der Waals surface area contributed by atoms with Crippen molar-refractivity contribution in [3.8, 4) is 0 Å². The highest BCUT2D eigenvalue weighted by atomic mass is 32.1. The Hall–Kier alpha value is -0.410. The topological polar surface area (TPSA) is 24.9 Å². The Morgan fingerprint density at radius 3 is 2.86 bits per heavy atom. The molecule has 0 fully saturated rings. The van der Waals surface area contributed by atoms with Crippen LogP contribution in [0.15, 0.2) is 11.6 Å². The van der Waals surface area contributed by atoms with E-state index in [2.05, 4.69) is 29.5 Å². The van der Waals surface area contributed by atoms with E-state index < -0.39 is 0 Å². The fraction of sp³-hybridized carbons (Fsp3) is 0.727. The predicted molar refractivity (Wildman–Crippen MR) is 62.8 cm³/mol. The van der Waals surface area contributed by atoms with Gasteiger partial charge in [-0.15, -0.1) is 11.3 Å². The fourth-order valence-corrected chi connectivity index (χ4v) is 2.30. The van der Waals surface area contributed by atoms with E-state index in [1.165, 1.54) is 24.3 Å². The van der Waals surface area contributed by atoms with Gasteiger partial charge < -0.3 is 5.32 Å². The van der Waals surface area contributed by atoms with Crippen molar-refractivity contribution in [2.24, 2.45) is 0 Å². The first-order chi connectivity index (χ1) is 6.86. The van der Waals surface area contributed by atoms with Gasteiger partial charge in [0.25, 0.3) is 0 Å². The molecule has 0 radical (unpaired) electrons. The number of nitrogens with zero attached hydrogens (tertiary/aromatic N) is 1. The minimum Gasteiger partial charge on any atom is -0.314 e. The number of hydrogen-bond donors (Lipinski definition) is 1. The minimum atomic E-state index is 0.675. The molecule has 1 atom stereocenters. The maximum atomic E-state index is 4.30. The molecule has 1 unspecified atom stereocenters. The molecule has 0 aliphatic heterocycles. The van der Waals surface area contributed by atoms with Crippen LogP contribution in [0.4, 0.5) is 0 Å². The average molecular weight is 212 g/mol. The van der Waals surface area contributed by atoms with Crippen LogP contribution in [0.25, 0.3) is 0 Å². The molecule has 1 heterocycles. The van der Waals surface area contributed by atoms with Crippen LogP contribution in [0, 0.1) is 0 Å². The van der Waals surface area contributed by atoms with Gasteiger partial charge in [0.05, 0.1) is 5.01 Å². The van der Waals surface area contributed by atoms with Gasteiger partial charge in [0.2, 0.25) is 0 Å². The van der Waals surface area contributed by atoms with Crippen molar-refractivity contribution in [3.63, 3.8) is 0 Å². The monoisotopic (exact) mass is 212 g/mol. The van der Waals surface area contributed by atoms with Crippen molar-refractivity contribution in [3.05, 3.63) is 16.6 Å². The first-order valence-corrected chi connectivity index (χ1v) is 6.36. The zero-order valence-electron chi connectivity index (χ0n) is 9.12. The molecule has 3 heteroatoms. The van der Waals surface area contributed by atoms with Gasteiger partial charge in [-0.1, -0.05) is 20.3 Å². The summed E-state index contributed by atoms with van der Waals surface area (Å²) in [4.78, 5) is 4.30. The molecule has 1 N–H and O–H groups in total. The van der Waals surface area contributed by atoms with Crippen molar-refractivity contribution in [2.45, 2.75) is 45.6 Å². The van der Waals surface area contributed by atoms with Crippen LogP contribution >= 0.6 is 11.3 Å². The summed E-state index contributed by atoms with van der Waals surface area (Å²) in [5.74, 6) is 0. The molecule has 0 aliphatic rings. The Kier molecular flexibility index (Phi) is 5.80. The molecule has 1 aromatic rings. The van der Waals surface area contributed by atoms with Gasteiger partial charge in [-0.05, 0) is 19.4 Å². The number of rotatable bonds is 7. The molecular formula is C11H20N2S. The van der Waals surface area contributed by atoms with Crippen molar-refractivity contribution in [1.82, 2.24) is 10.3 Å². The summed E-state index contributed by atoms with van der Waals surface area (Å²) < 4.78 is 0. The zero-order valence-corrected chi connectivity index (χ0v) is 9.94. The van der Waals surface area contributed by atoms with Gasteiger partial charge >= 0.3 is 0 Å². The highest BCUT2D eigenvalue weighted by Gasteiger charge is 2.06. The van der Waals surface area contributed by atoms with Crippen molar-refractivity contribution in [1.29, 1.82) is 0 Å². The van der Waals surface area contributed by atoms with E-state index in [0.717, 1.165) is 13.0 Å². The van der Waals surface area contributed by atoms with E-state index in [1.807, 2.05) is 6.20 Å². The van der Waals surface area contributed by atoms with Crippen LogP contribution < -0.4 is 5.32 Å². The Morgan fingerprint density at radius 1 is 1.43 bits per heavy atom. The molecule has 0 amide bonds. The van der Waals surface area contributed by atoms with Crippen LogP contribution in [0.3, 0.4) is 0 Å². The van der Waals surface area contributed by atoms with E-state index in [0.29, 0.717) is 6.04 Å². The lowest BCUT2D eigenvalue weighted by Gasteiger charge is -2.15. The standard InChI is InChI=1S/C11H20N2S/c1-3-5-10(12-4-2)6-7-11-13-8-9-14-11/h8-10,12H,3-7H2,1-2H3. The number of hydrogen-bond acceptors (Lipinski definition) is 3. The first-order valence-electron chi connectivity index (χ1n) is 5.48. The molecule has 0 saturated heterocycles. The van der Waals surface area contributed by atoms with Crippen molar-refractivity contribution < 1.29 is 0 Å². The van der Waals surface area contributed by atoms with Gasteiger partial charge in [-0.25, -0.2) is 4.98 Å². The number of aromatic nitrogens is 1. The normalized spacial score (nSPS) is 13.0. The second kappa shape index (κ2) is 6.96. The lowest BCUT2D eigenvalue weighted by Crippen LogP contribution is -2.29. The largest absolute Gasteiger partial charge is 0.314 e. The summed E-state index contributed by atoms with van der Waals surface area (Å²) in [6, 6.07) is 0.675. The Labute approximate surface area is 90.8 Å². The Balaban J connectivity index is 2.25. The van der Waals surface area contributed by atoms with Gasteiger partial charge in [-0.3, -0.25) is 0 Å². The van der Waals surface area contributed by atoms with E-state index in [4.69, 9.17) is 0 Å². The third kappa shape index (κ3) is 4.20. The van der Waals surface area contributed by atoms with Gasteiger partial charge in [-0.2, -0.15) is 0 Å². The van der Waals surface area contributed by atoms with Crippen molar-refractivity contribution in [2.75, 3.05) is 6.54 Å². The van der Waals surface area contributed by atoms with E-state index >= 15 is 0 Å². The predicted octanol–water partition coefficient (Wildman–Crippen LogP) is 2.85. The Bertz CT molecular complexity index is 215. The molecular weight excluding hydrogens is 192 g/mol. The molecule has 1 aromatic heterocycles. The van der Waals surface area contributed by atoms with Gasteiger partial charge in [0.1, 0.15) is 0 Å². The van der Waals surface area contributed by atoms with Crippen LogP contribution in [0.2, 0.25) is 0 Å². The van der Waals surface area contributed by atoms with E-state index in [1.54, 1.807) is 11.3 Å². The summed E-state index contributed by atoms with van der Waals surface area (Å²) in [7, 11) is 0. The van der Waals surface area contributed by atoms with Crippen LogP contribution in [0.1, 0.15) is 38.1 Å². The number of aryl methyl sites for hydroxylation is 1. The van der Waals surface area contributed by atoms with Crippen LogP contribution in [-0.4, -0.2) is 17.6 Å². The summed E-state index contributed by atoms with van der Waals surface area (Å²) in [6.45, 7) is 5.49. The highest BCUT2D eigenvalue weighted by Crippen LogP contribution is 2.10. The summed E-state index contributed by atoms with van der Waals surface area (Å²) >= 11 is 1.76. The molecule has 2 nitrogen and oxygen atoms in total. The molecule has 80 valence electrons.